The summed E-state index contributed by atoms with van der Waals surface area (Å²) in [6.45, 7) is 5.55. The molecule has 3 aromatic rings. The minimum Gasteiger partial charge on any atom is -0.444 e. The zero-order valence-electron chi connectivity index (χ0n) is 17.6. The quantitative estimate of drug-likeness (QED) is 0.469. The molecule has 6 nitrogen and oxygen atoms in total. The number of ether oxygens (including phenoxy) is 1. The summed E-state index contributed by atoms with van der Waals surface area (Å²) in [7, 11) is 0. The van der Waals surface area contributed by atoms with E-state index in [0.717, 1.165) is 22.0 Å². The lowest BCUT2D eigenvalue weighted by Crippen LogP contribution is -2.49. The van der Waals surface area contributed by atoms with Crippen molar-refractivity contribution >= 4 is 46.1 Å². The van der Waals surface area contributed by atoms with Crippen LogP contribution in [0, 0.1) is 0 Å². The van der Waals surface area contributed by atoms with E-state index in [9.17, 15) is 9.59 Å². The van der Waals surface area contributed by atoms with E-state index in [-0.39, 0.29) is 12.5 Å². The van der Waals surface area contributed by atoms with E-state index in [4.69, 9.17) is 27.9 Å². The third kappa shape index (κ3) is 6.39. The van der Waals surface area contributed by atoms with Crippen molar-refractivity contribution < 1.29 is 14.3 Å². The van der Waals surface area contributed by atoms with Gasteiger partial charge in [-0.3, -0.25) is 4.79 Å². The van der Waals surface area contributed by atoms with Gasteiger partial charge in [0.2, 0.25) is 5.91 Å². The Balaban J connectivity index is 1.76. The van der Waals surface area contributed by atoms with E-state index in [1.165, 1.54) is 0 Å². The number of alkyl carbamates (subject to hydrolysis) is 1. The fourth-order valence-corrected chi connectivity index (χ4v) is 3.46. The lowest BCUT2D eigenvalue weighted by atomic mass is 10.0. The maximum absolute atomic E-state index is 13.0. The lowest BCUT2D eigenvalue weighted by molar-refractivity contribution is -0.123. The molecule has 1 heterocycles. The normalized spacial score (nSPS) is 12.4. The second kappa shape index (κ2) is 9.62. The highest BCUT2D eigenvalue weighted by atomic mass is 35.5. The molecule has 0 aliphatic carbocycles. The van der Waals surface area contributed by atoms with Crippen LogP contribution in [0.2, 0.25) is 10.0 Å². The van der Waals surface area contributed by atoms with E-state index < -0.39 is 17.7 Å². The summed E-state index contributed by atoms with van der Waals surface area (Å²) in [5.41, 5.74) is 2.00. The fourth-order valence-electron chi connectivity index (χ4n) is 3.14. The van der Waals surface area contributed by atoms with Gasteiger partial charge in [0.1, 0.15) is 11.6 Å². The van der Waals surface area contributed by atoms with E-state index in [1.807, 2.05) is 30.5 Å². The van der Waals surface area contributed by atoms with Gasteiger partial charge in [-0.1, -0.05) is 47.5 Å². The third-order valence-corrected chi connectivity index (χ3v) is 5.30. The number of hydrogen-bond acceptors (Lipinski definition) is 3. The van der Waals surface area contributed by atoms with Crippen LogP contribution in [0.5, 0.6) is 0 Å². The molecule has 0 saturated carbocycles. The van der Waals surface area contributed by atoms with Crippen LogP contribution >= 0.6 is 23.2 Å². The average Bonchev–Trinajstić information content (AvgIpc) is 3.10. The molecule has 2 aromatic carbocycles. The van der Waals surface area contributed by atoms with Gasteiger partial charge in [0.05, 0.1) is 10.0 Å². The molecule has 3 N–H and O–H groups in total. The van der Waals surface area contributed by atoms with Crippen LogP contribution in [0.4, 0.5) is 4.79 Å². The van der Waals surface area contributed by atoms with E-state index >= 15 is 0 Å². The molecule has 0 aliphatic rings. The van der Waals surface area contributed by atoms with Crippen molar-refractivity contribution in [3.63, 3.8) is 0 Å². The largest absolute Gasteiger partial charge is 0.444 e. The average molecular weight is 462 g/mol. The van der Waals surface area contributed by atoms with Crippen LogP contribution in [0.1, 0.15) is 31.9 Å². The molecule has 164 valence electrons. The molecule has 3 rings (SSSR count). The van der Waals surface area contributed by atoms with Crippen LogP contribution in [-0.2, 0) is 22.5 Å². The summed E-state index contributed by atoms with van der Waals surface area (Å²) in [6, 6.07) is 12.1. The molecule has 1 atom stereocenters. The molecule has 0 radical (unpaired) electrons. The fraction of sp³-hybridized carbons (Fsp3) is 0.304. The summed E-state index contributed by atoms with van der Waals surface area (Å²) < 4.78 is 5.35. The molecule has 0 spiro atoms. The highest BCUT2D eigenvalue weighted by Gasteiger charge is 2.25. The van der Waals surface area contributed by atoms with Gasteiger partial charge in [-0.05, 0) is 50.1 Å². The summed E-state index contributed by atoms with van der Waals surface area (Å²) in [5.74, 6) is -0.331. The molecule has 0 unspecified atom stereocenters. The number of fused-ring (bicyclic) bond motifs is 1. The lowest BCUT2D eigenvalue weighted by Gasteiger charge is -2.23. The van der Waals surface area contributed by atoms with Gasteiger partial charge in [-0.2, -0.15) is 0 Å². The van der Waals surface area contributed by atoms with Gasteiger partial charge >= 0.3 is 6.09 Å². The maximum Gasteiger partial charge on any atom is 0.408 e. The second-order valence-corrected chi connectivity index (χ2v) is 9.04. The van der Waals surface area contributed by atoms with Crippen LogP contribution in [-0.4, -0.2) is 28.6 Å². The standard InChI is InChI=1S/C23H25Cl2N3O3/c1-23(2,3)31-22(30)28-20(11-15-13-26-19-7-5-4-6-16(15)19)21(29)27-12-14-8-9-17(24)18(25)10-14/h4-10,13,20,26H,11-12H2,1-3H3,(H,27,29)(H,28,30)/t20-/m1/s1. The Morgan fingerprint density at radius 3 is 2.55 bits per heavy atom. The summed E-state index contributed by atoms with van der Waals surface area (Å²) in [4.78, 5) is 28.5. The van der Waals surface area contributed by atoms with Gasteiger partial charge in [0.15, 0.2) is 0 Å². The van der Waals surface area contributed by atoms with E-state index in [2.05, 4.69) is 15.6 Å². The Morgan fingerprint density at radius 1 is 1.10 bits per heavy atom. The second-order valence-electron chi connectivity index (χ2n) is 8.23. The zero-order chi connectivity index (χ0) is 22.6. The van der Waals surface area contributed by atoms with Crippen molar-refractivity contribution in [1.29, 1.82) is 0 Å². The van der Waals surface area contributed by atoms with Gasteiger partial charge in [-0.25, -0.2) is 4.79 Å². The van der Waals surface area contributed by atoms with Crippen molar-refractivity contribution in [2.75, 3.05) is 0 Å². The van der Waals surface area contributed by atoms with E-state index in [1.54, 1.807) is 39.0 Å². The minimum atomic E-state index is -0.822. The smallest absolute Gasteiger partial charge is 0.408 e. The number of aromatic amines is 1. The van der Waals surface area contributed by atoms with Crippen molar-refractivity contribution in [2.24, 2.45) is 0 Å². The number of hydrogen-bond donors (Lipinski definition) is 3. The first-order valence-electron chi connectivity index (χ1n) is 9.88. The first-order chi connectivity index (χ1) is 14.6. The highest BCUT2D eigenvalue weighted by molar-refractivity contribution is 6.42. The third-order valence-electron chi connectivity index (χ3n) is 4.56. The highest BCUT2D eigenvalue weighted by Crippen LogP contribution is 2.23. The van der Waals surface area contributed by atoms with Gasteiger partial charge in [0.25, 0.3) is 0 Å². The number of benzene rings is 2. The number of carbonyl (C=O) groups is 2. The molecule has 0 bridgehead atoms. The maximum atomic E-state index is 13.0. The van der Waals surface area contributed by atoms with Crippen LogP contribution in [0.25, 0.3) is 10.9 Å². The molecule has 0 fully saturated rings. The molecule has 8 heteroatoms. The summed E-state index contributed by atoms with van der Waals surface area (Å²) in [5, 5.41) is 7.41. The van der Waals surface area contributed by atoms with Gasteiger partial charge in [0, 0.05) is 30.1 Å². The number of H-pyrrole nitrogens is 1. The molecular formula is C23H25Cl2N3O3. The Bertz CT molecular complexity index is 1090. The van der Waals surface area contributed by atoms with Crippen molar-refractivity contribution in [3.8, 4) is 0 Å². The molecule has 0 aliphatic heterocycles. The van der Waals surface area contributed by atoms with Crippen molar-refractivity contribution in [1.82, 2.24) is 15.6 Å². The number of nitrogens with one attached hydrogen (secondary N) is 3. The molecule has 1 aromatic heterocycles. The van der Waals surface area contributed by atoms with Gasteiger partial charge in [-0.15, -0.1) is 0 Å². The Hall–Kier alpha value is -2.70. The molecule has 2 amide bonds. The number of halogens is 2. The van der Waals surface area contributed by atoms with Gasteiger partial charge < -0.3 is 20.4 Å². The number of rotatable bonds is 6. The topological polar surface area (TPSA) is 83.2 Å². The van der Waals surface area contributed by atoms with Crippen molar-refractivity contribution in [2.45, 2.75) is 45.4 Å². The zero-order valence-corrected chi connectivity index (χ0v) is 19.1. The Kier molecular flexibility index (Phi) is 7.13. The van der Waals surface area contributed by atoms with Crippen LogP contribution in [0.15, 0.2) is 48.7 Å². The number of carbonyl (C=O) groups excluding carboxylic acids is 2. The predicted octanol–water partition coefficient (Wildman–Crippen LogP) is 5.23. The predicted molar refractivity (Wildman–Crippen MR) is 123 cm³/mol. The monoisotopic (exact) mass is 461 g/mol. The molecule has 31 heavy (non-hydrogen) atoms. The molecule has 0 saturated heterocycles. The first-order valence-corrected chi connectivity index (χ1v) is 10.6. The van der Waals surface area contributed by atoms with Crippen LogP contribution in [0.3, 0.4) is 0 Å². The van der Waals surface area contributed by atoms with Crippen molar-refractivity contribution in [3.05, 3.63) is 69.8 Å². The number of para-hydroxylation sites is 1. The summed E-state index contributed by atoms with van der Waals surface area (Å²) in [6.07, 6.45) is 1.50. The first kappa shape index (κ1) is 23.0. The minimum absolute atomic E-state index is 0.246. The summed E-state index contributed by atoms with van der Waals surface area (Å²) >= 11 is 12.0. The number of amides is 2. The SMILES string of the molecule is CC(C)(C)OC(=O)N[C@H](Cc1c[nH]c2ccccc12)C(=O)NCc1ccc(Cl)c(Cl)c1. The van der Waals surface area contributed by atoms with Crippen LogP contribution < -0.4 is 10.6 Å². The molecular weight excluding hydrogens is 437 g/mol. The Morgan fingerprint density at radius 2 is 1.84 bits per heavy atom. The van der Waals surface area contributed by atoms with E-state index in [0.29, 0.717) is 16.5 Å². The Labute approximate surface area is 191 Å². The number of aromatic nitrogens is 1.